The number of hydrogen-bond acceptors (Lipinski definition) is 3. The first kappa shape index (κ1) is 14.9. The number of aryl methyl sites for hydroxylation is 1. The molecular formula is C21H20N2O. The van der Waals surface area contributed by atoms with Gasteiger partial charge in [-0.05, 0) is 53.8 Å². The number of nitrogens with zero attached hydrogens (tertiary/aromatic N) is 2. The summed E-state index contributed by atoms with van der Waals surface area (Å²) >= 11 is 0. The summed E-state index contributed by atoms with van der Waals surface area (Å²) in [5.74, 6) is 1.36. The molecule has 0 aliphatic carbocycles. The van der Waals surface area contributed by atoms with E-state index in [1.807, 2.05) is 37.7 Å². The summed E-state index contributed by atoms with van der Waals surface area (Å²) in [5, 5.41) is 0. The Morgan fingerprint density at radius 1 is 1.00 bits per heavy atom. The average molecular weight is 316 g/mol. The van der Waals surface area contributed by atoms with Crippen LogP contribution in [0.2, 0.25) is 0 Å². The minimum absolute atomic E-state index is 0.285. The molecule has 1 aliphatic rings. The lowest BCUT2D eigenvalue weighted by molar-refractivity contribution is 0.525. The van der Waals surface area contributed by atoms with E-state index in [0.29, 0.717) is 5.92 Å². The summed E-state index contributed by atoms with van der Waals surface area (Å²) in [6.45, 7) is 6.40. The Bertz CT molecular complexity index is 904. The predicted molar refractivity (Wildman–Crippen MR) is 97.3 cm³/mol. The van der Waals surface area contributed by atoms with Gasteiger partial charge in [0, 0.05) is 29.2 Å². The van der Waals surface area contributed by atoms with Crippen molar-refractivity contribution >= 4 is 6.21 Å². The Kier molecular flexibility index (Phi) is 3.57. The van der Waals surface area contributed by atoms with Gasteiger partial charge in [0.05, 0.1) is 12.3 Å². The summed E-state index contributed by atoms with van der Waals surface area (Å²) in [6.07, 6.45) is 5.65. The summed E-state index contributed by atoms with van der Waals surface area (Å²) in [4.78, 5) is 8.97. The van der Waals surface area contributed by atoms with Crippen molar-refractivity contribution in [2.24, 2.45) is 10.9 Å². The van der Waals surface area contributed by atoms with Crippen molar-refractivity contribution in [1.29, 1.82) is 0 Å². The standard InChI is InChI=1S/C21H20N2O/c1-13(2)21-19-7-6-15(8-17(19)11-23-21)18-9-20(24-12-18)16-5-4-14(3)22-10-16/h4-13,21H,1-3H3. The molecule has 0 saturated heterocycles. The smallest absolute Gasteiger partial charge is 0.136 e. The van der Waals surface area contributed by atoms with Gasteiger partial charge in [0.15, 0.2) is 0 Å². The van der Waals surface area contributed by atoms with Gasteiger partial charge < -0.3 is 4.42 Å². The molecule has 1 atom stereocenters. The molecule has 0 radical (unpaired) electrons. The fourth-order valence-corrected chi connectivity index (χ4v) is 3.16. The number of pyridine rings is 1. The molecule has 3 aromatic rings. The van der Waals surface area contributed by atoms with E-state index in [2.05, 4.69) is 48.1 Å². The number of aromatic nitrogens is 1. The molecule has 2 aromatic heterocycles. The van der Waals surface area contributed by atoms with Crippen molar-refractivity contribution in [1.82, 2.24) is 4.98 Å². The van der Waals surface area contributed by atoms with Crippen LogP contribution in [0.15, 0.2) is 58.3 Å². The highest BCUT2D eigenvalue weighted by molar-refractivity contribution is 5.88. The maximum atomic E-state index is 5.75. The maximum absolute atomic E-state index is 5.75. The van der Waals surface area contributed by atoms with Crippen LogP contribution in [0.5, 0.6) is 0 Å². The zero-order valence-electron chi connectivity index (χ0n) is 14.2. The Labute approximate surface area is 142 Å². The van der Waals surface area contributed by atoms with Crippen LogP contribution in [0.25, 0.3) is 22.5 Å². The molecule has 0 amide bonds. The van der Waals surface area contributed by atoms with E-state index in [0.717, 1.165) is 28.1 Å². The van der Waals surface area contributed by atoms with Gasteiger partial charge in [0.1, 0.15) is 5.76 Å². The molecule has 3 heterocycles. The third kappa shape index (κ3) is 2.56. The van der Waals surface area contributed by atoms with E-state index in [-0.39, 0.29) is 6.04 Å². The molecular weight excluding hydrogens is 296 g/mol. The lowest BCUT2D eigenvalue weighted by Gasteiger charge is -2.13. The summed E-state index contributed by atoms with van der Waals surface area (Å²) < 4.78 is 5.75. The van der Waals surface area contributed by atoms with Crippen molar-refractivity contribution in [3.63, 3.8) is 0 Å². The molecule has 24 heavy (non-hydrogen) atoms. The topological polar surface area (TPSA) is 38.4 Å². The molecule has 3 heteroatoms. The van der Waals surface area contributed by atoms with Crippen LogP contribution in [0.1, 0.15) is 36.7 Å². The van der Waals surface area contributed by atoms with Crippen LogP contribution >= 0.6 is 0 Å². The molecule has 0 bridgehead atoms. The first-order valence-electron chi connectivity index (χ1n) is 8.31. The fraction of sp³-hybridized carbons (Fsp3) is 0.238. The molecule has 1 aromatic carbocycles. The summed E-state index contributed by atoms with van der Waals surface area (Å²) in [6, 6.07) is 12.9. The largest absolute Gasteiger partial charge is 0.464 e. The quantitative estimate of drug-likeness (QED) is 0.644. The molecule has 3 nitrogen and oxygen atoms in total. The normalized spacial score (nSPS) is 15.9. The van der Waals surface area contributed by atoms with Gasteiger partial charge in [-0.1, -0.05) is 26.0 Å². The predicted octanol–water partition coefficient (Wildman–Crippen LogP) is 5.45. The molecule has 0 saturated carbocycles. The Morgan fingerprint density at radius 2 is 1.83 bits per heavy atom. The number of benzene rings is 1. The van der Waals surface area contributed by atoms with E-state index in [4.69, 9.17) is 4.42 Å². The van der Waals surface area contributed by atoms with E-state index in [1.165, 1.54) is 11.1 Å². The van der Waals surface area contributed by atoms with Crippen LogP contribution in [0.3, 0.4) is 0 Å². The second-order valence-corrected chi connectivity index (χ2v) is 6.70. The van der Waals surface area contributed by atoms with Gasteiger partial charge in [-0.15, -0.1) is 0 Å². The van der Waals surface area contributed by atoms with Crippen molar-refractivity contribution in [3.8, 4) is 22.5 Å². The van der Waals surface area contributed by atoms with Crippen molar-refractivity contribution in [2.45, 2.75) is 26.8 Å². The van der Waals surface area contributed by atoms with Crippen molar-refractivity contribution in [3.05, 3.63) is 65.7 Å². The van der Waals surface area contributed by atoms with Gasteiger partial charge in [-0.25, -0.2) is 0 Å². The van der Waals surface area contributed by atoms with Crippen molar-refractivity contribution in [2.75, 3.05) is 0 Å². The van der Waals surface area contributed by atoms with E-state index >= 15 is 0 Å². The second kappa shape index (κ2) is 5.75. The van der Waals surface area contributed by atoms with Gasteiger partial charge >= 0.3 is 0 Å². The number of hydrogen-bond donors (Lipinski definition) is 0. The van der Waals surface area contributed by atoms with Gasteiger partial charge in [0.2, 0.25) is 0 Å². The van der Waals surface area contributed by atoms with Crippen LogP contribution in [-0.2, 0) is 0 Å². The number of furan rings is 1. The van der Waals surface area contributed by atoms with Crippen LogP contribution in [0.4, 0.5) is 0 Å². The van der Waals surface area contributed by atoms with Crippen molar-refractivity contribution < 1.29 is 4.42 Å². The van der Waals surface area contributed by atoms with E-state index in [1.54, 1.807) is 0 Å². The van der Waals surface area contributed by atoms with Crippen LogP contribution < -0.4 is 0 Å². The van der Waals surface area contributed by atoms with Crippen LogP contribution in [0, 0.1) is 12.8 Å². The Hall–Kier alpha value is -2.68. The lowest BCUT2D eigenvalue weighted by Crippen LogP contribution is -2.01. The molecule has 1 aliphatic heterocycles. The van der Waals surface area contributed by atoms with Gasteiger partial charge in [-0.2, -0.15) is 0 Å². The SMILES string of the molecule is Cc1ccc(-c2cc(-c3ccc4c(c3)C=NC4C(C)C)co2)cn1. The summed E-state index contributed by atoms with van der Waals surface area (Å²) in [7, 11) is 0. The molecule has 0 fully saturated rings. The van der Waals surface area contributed by atoms with Gasteiger partial charge in [-0.3, -0.25) is 9.98 Å². The van der Waals surface area contributed by atoms with Gasteiger partial charge in [0.25, 0.3) is 0 Å². The maximum Gasteiger partial charge on any atom is 0.136 e. The zero-order valence-corrected chi connectivity index (χ0v) is 14.2. The Balaban J connectivity index is 1.66. The highest BCUT2D eigenvalue weighted by Crippen LogP contribution is 2.36. The molecule has 0 spiro atoms. The minimum Gasteiger partial charge on any atom is -0.464 e. The lowest BCUT2D eigenvalue weighted by atomic mass is 9.93. The summed E-state index contributed by atoms with van der Waals surface area (Å²) in [5.41, 5.74) is 6.76. The van der Waals surface area contributed by atoms with E-state index < -0.39 is 0 Å². The molecule has 120 valence electrons. The average Bonchev–Trinajstić information content (AvgIpc) is 3.22. The highest BCUT2D eigenvalue weighted by atomic mass is 16.3. The number of aliphatic imine (C=N–C) groups is 1. The number of rotatable bonds is 3. The van der Waals surface area contributed by atoms with Crippen LogP contribution in [-0.4, -0.2) is 11.2 Å². The second-order valence-electron chi connectivity index (χ2n) is 6.70. The minimum atomic E-state index is 0.285. The monoisotopic (exact) mass is 316 g/mol. The Morgan fingerprint density at radius 3 is 2.58 bits per heavy atom. The third-order valence-corrected chi connectivity index (χ3v) is 4.54. The highest BCUT2D eigenvalue weighted by Gasteiger charge is 2.22. The fourth-order valence-electron chi connectivity index (χ4n) is 3.16. The molecule has 0 N–H and O–H groups in total. The first-order chi connectivity index (χ1) is 11.6. The molecule has 1 unspecified atom stereocenters. The number of fused-ring (bicyclic) bond motifs is 1. The molecule has 4 rings (SSSR count). The first-order valence-corrected chi connectivity index (χ1v) is 8.31. The third-order valence-electron chi connectivity index (χ3n) is 4.54. The van der Waals surface area contributed by atoms with E-state index in [9.17, 15) is 0 Å². The zero-order chi connectivity index (χ0) is 16.7.